The zero-order valence-electron chi connectivity index (χ0n) is 12.3. The fourth-order valence-electron chi connectivity index (χ4n) is 2.17. The third-order valence-electron chi connectivity index (χ3n) is 3.34. The highest BCUT2D eigenvalue weighted by Gasteiger charge is 2.14. The summed E-state index contributed by atoms with van der Waals surface area (Å²) in [5.74, 6) is 2.04. The molecular formula is C17H17NO4. The summed E-state index contributed by atoms with van der Waals surface area (Å²) in [5, 5.41) is 2.82. The van der Waals surface area contributed by atoms with Crippen LogP contribution in [0, 0.1) is 6.92 Å². The number of aryl methyl sites for hydroxylation is 1. The number of anilines is 1. The Morgan fingerprint density at radius 1 is 1.18 bits per heavy atom. The number of para-hydroxylation sites is 1. The quantitative estimate of drug-likeness (QED) is 0.921. The molecular weight excluding hydrogens is 282 g/mol. The predicted molar refractivity (Wildman–Crippen MR) is 82.5 cm³/mol. The van der Waals surface area contributed by atoms with E-state index < -0.39 is 0 Å². The molecule has 0 aromatic heterocycles. The molecule has 5 heteroatoms. The molecule has 0 spiro atoms. The van der Waals surface area contributed by atoms with Crippen LogP contribution < -0.4 is 19.5 Å². The molecule has 0 bridgehead atoms. The van der Waals surface area contributed by atoms with Gasteiger partial charge in [-0.05, 0) is 30.7 Å². The smallest absolute Gasteiger partial charge is 0.231 e. The van der Waals surface area contributed by atoms with Crippen LogP contribution in [0.15, 0.2) is 42.5 Å². The van der Waals surface area contributed by atoms with E-state index in [0.717, 1.165) is 11.3 Å². The standard InChI is InChI=1S/C17H17NO4/c1-12-4-2-3-5-14(12)20-9-8-17(19)18-13-6-7-15-16(10-13)22-11-21-15/h2-7,10H,8-9,11H2,1H3,(H,18,19). The van der Waals surface area contributed by atoms with E-state index in [0.29, 0.717) is 23.8 Å². The molecule has 0 unspecified atom stereocenters. The minimum atomic E-state index is -0.104. The SMILES string of the molecule is Cc1ccccc1OCCC(=O)Nc1ccc2c(c1)OCO2. The Labute approximate surface area is 128 Å². The molecule has 1 N–H and O–H groups in total. The van der Waals surface area contributed by atoms with E-state index in [2.05, 4.69) is 5.32 Å². The third-order valence-corrected chi connectivity index (χ3v) is 3.34. The maximum atomic E-state index is 11.9. The third kappa shape index (κ3) is 3.31. The van der Waals surface area contributed by atoms with Crippen LogP contribution in [0.5, 0.6) is 17.2 Å². The highest BCUT2D eigenvalue weighted by atomic mass is 16.7. The molecule has 5 nitrogen and oxygen atoms in total. The van der Waals surface area contributed by atoms with E-state index in [4.69, 9.17) is 14.2 Å². The van der Waals surface area contributed by atoms with Crippen molar-refractivity contribution in [3.63, 3.8) is 0 Å². The van der Waals surface area contributed by atoms with Crippen LogP contribution in [-0.2, 0) is 4.79 Å². The first-order valence-electron chi connectivity index (χ1n) is 7.10. The summed E-state index contributed by atoms with van der Waals surface area (Å²) in [5.41, 5.74) is 1.74. The number of carbonyl (C=O) groups is 1. The minimum Gasteiger partial charge on any atom is -0.493 e. The van der Waals surface area contributed by atoms with Crippen molar-refractivity contribution in [1.82, 2.24) is 0 Å². The summed E-state index contributed by atoms with van der Waals surface area (Å²) >= 11 is 0. The Bertz CT molecular complexity index is 684. The van der Waals surface area contributed by atoms with Gasteiger partial charge in [-0.3, -0.25) is 4.79 Å². The lowest BCUT2D eigenvalue weighted by Crippen LogP contribution is -2.15. The summed E-state index contributed by atoms with van der Waals surface area (Å²) in [4.78, 5) is 11.9. The molecule has 22 heavy (non-hydrogen) atoms. The zero-order valence-corrected chi connectivity index (χ0v) is 12.3. The molecule has 0 fully saturated rings. The summed E-state index contributed by atoms with van der Waals surface area (Å²) in [7, 11) is 0. The number of carbonyl (C=O) groups excluding carboxylic acids is 1. The van der Waals surface area contributed by atoms with Crippen molar-refractivity contribution in [3.8, 4) is 17.2 Å². The molecule has 2 aromatic carbocycles. The van der Waals surface area contributed by atoms with E-state index in [1.807, 2.05) is 31.2 Å². The van der Waals surface area contributed by atoms with Crippen molar-refractivity contribution in [3.05, 3.63) is 48.0 Å². The molecule has 3 rings (SSSR count). The first-order chi connectivity index (χ1) is 10.7. The number of fused-ring (bicyclic) bond motifs is 1. The Hall–Kier alpha value is -2.69. The molecule has 1 amide bonds. The van der Waals surface area contributed by atoms with E-state index in [-0.39, 0.29) is 19.1 Å². The second-order valence-electron chi connectivity index (χ2n) is 4.98. The van der Waals surface area contributed by atoms with Gasteiger partial charge in [0.1, 0.15) is 5.75 Å². The van der Waals surface area contributed by atoms with Crippen LogP contribution in [0.25, 0.3) is 0 Å². The van der Waals surface area contributed by atoms with Gasteiger partial charge in [-0.1, -0.05) is 18.2 Å². The fourth-order valence-corrected chi connectivity index (χ4v) is 2.17. The summed E-state index contributed by atoms with van der Waals surface area (Å²) in [6, 6.07) is 13.1. The first kappa shape index (κ1) is 14.3. The van der Waals surface area contributed by atoms with Crippen molar-refractivity contribution in [1.29, 1.82) is 0 Å². The molecule has 0 radical (unpaired) electrons. The molecule has 1 aliphatic heterocycles. The van der Waals surface area contributed by atoms with Crippen LogP contribution in [0.2, 0.25) is 0 Å². The molecule has 1 aliphatic rings. The van der Waals surface area contributed by atoms with Crippen LogP contribution in [0.4, 0.5) is 5.69 Å². The molecule has 2 aromatic rings. The fraction of sp³-hybridized carbons (Fsp3) is 0.235. The topological polar surface area (TPSA) is 56.8 Å². The molecule has 0 atom stereocenters. The number of benzene rings is 2. The van der Waals surface area contributed by atoms with E-state index in [1.165, 1.54) is 0 Å². The Morgan fingerprint density at radius 3 is 2.86 bits per heavy atom. The summed E-state index contributed by atoms with van der Waals surface area (Å²) in [6.07, 6.45) is 0.281. The monoisotopic (exact) mass is 299 g/mol. The normalized spacial score (nSPS) is 12.0. The van der Waals surface area contributed by atoms with Gasteiger partial charge in [-0.25, -0.2) is 0 Å². The van der Waals surface area contributed by atoms with Crippen molar-refractivity contribution < 1.29 is 19.0 Å². The number of hydrogen-bond donors (Lipinski definition) is 1. The largest absolute Gasteiger partial charge is 0.493 e. The zero-order chi connectivity index (χ0) is 15.4. The number of rotatable bonds is 5. The van der Waals surface area contributed by atoms with Gasteiger partial charge in [0.2, 0.25) is 12.7 Å². The van der Waals surface area contributed by atoms with Gasteiger partial charge in [0.05, 0.1) is 13.0 Å². The van der Waals surface area contributed by atoms with Crippen molar-refractivity contribution in [2.75, 3.05) is 18.7 Å². The molecule has 0 saturated carbocycles. The van der Waals surface area contributed by atoms with Crippen LogP contribution >= 0.6 is 0 Å². The van der Waals surface area contributed by atoms with E-state index in [1.54, 1.807) is 18.2 Å². The number of amides is 1. The number of ether oxygens (including phenoxy) is 3. The van der Waals surface area contributed by atoms with Crippen molar-refractivity contribution >= 4 is 11.6 Å². The highest BCUT2D eigenvalue weighted by molar-refractivity contribution is 5.91. The second kappa shape index (κ2) is 6.39. The van der Waals surface area contributed by atoms with Crippen LogP contribution in [0.3, 0.4) is 0 Å². The molecule has 1 heterocycles. The van der Waals surface area contributed by atoms with Gasteiger partial charge in [0.25, 0.3) is 0 Å². The second-order valence-corrected chi connectivity index (χ2v) is 4.98. The Kier molecular flexibility index (Phi) is 4.14. The van der Waals surface area contributed by atoms with Crippen LogP contribution in [-0.4, -0.2) is 19.3 Å². The lowest BCUT2D eigenvalue weighted by Gasteiger charge is -2.09. The molecule has 0 aliphatic carbocycles. The predicted octanol–water partition coefficient (Wildman–Crippen LogP) is 3.13. The average molecular weight is 299 g/mol. The van der Waals surface area contributed by atoms with Gasteiger partial charge in [0.15, 0.2) is 11.5 Å². The minimum absolute atomic E-state index is 0.104. The Morgan fingerprint density at radius 2 is 2.00 bits per heavy atom. The van der Waals surface area contributed by atoms with Crippen molar-refractivity contribution in [2.45, 2.75) is 13.3 Å². The van der Waals surface area contributed by atoms with Gasteiger partial charge < -0.3 is 19.5 Å². The van der Waals surface area contributed by atoms with E-state index in [9.17, 15) is 4.79 Å². The molecule has 114 valence electrons. The summed E-state index contributed by atoms with van der Waals surface area (Å²) < 4.78 is 16.1. The van der Waals surface area contributed by atoms with Gasteiger partial charge in [-0.2, -0.15) is 0 Å². The number of nitrogens with one attached hydrogen (secondary N) is 1. The first-order valence-corrected chi connectivity index (χ1v) is 7.10. The maximum Gasteiger partial charge on any atom is 0.231 e. The lowest BCUT2D eigenvalue weighted by molar-refractivity contribution is -0.116. The maximum absolute atomic E-state index is 11.9. The Balaban J connectivity index is 1.49. The summed E-state index contributed by atoms with van der Waals surface area (Å²) in [6.45, 7) is 2.53. The average Bonchev–Trinajstić information content (AvgIpc) is 2.97. The number of hydrogen-bond acceptors (Lipinski definition) is 4. The highest BCUT2D eigenvalue weighted by Crippen LogP contribution is 2.34. The van der Waals surface area contributed by atoms with Gasteiger partial charge in [0, 0.05) is 11.8 Å². The molecule has 0 saturated heterocycles. The van der Waals surface area contributed by atoms with Gasteiger partial charge in [-0.15, -0.1) is 0 Å². The van der Waals surface area contributed by atoms with Crippen molar-refractivity contribution in [2.24, 2.45) is 0 Å². The van der Waals surface area contributed by atoms with Gasteiger partial charge >= 0.3 is 0 Å². The van der Waals surface area contributed by atoms with E-state index >= 15 is 0 Å². The van der Waals surface area contributed by atoms with Crippen LogP contribution in [0.1, 0.15) is 12.0 Å². The lowest BCUT2D eigenvalue weighted by atomic mass is 10.2.